The maximum Gasteiger partial charge on any atom is 0.119 e. The van der Waals surface area contributed by atoms with E-state index in [-0.39, 0.29) is 12.6 Å². The van der Waals surface area contributed by atoms with Crippen LogP contribution in [0.1, 0.15) is 24.9 Å². The maximum atomic E-state index is 8.73. The fraction of sp³-hybridized carbons (Fsp3) is 0.455. The third kappa shape index (κ3) is 3.01. The number of ether oxygens (including phenoxy) is 1. The Hall–Kier alpha value is -1.06. The Morgan fingerprint density at radius 2 is 2.00 bits per heavy atom. The van der Waals surface area contributed by atoms with Gasteiger partial charge in [-0.15, -0.1) is 0 Å². The smallest absolute Gasteiger partial charge is 0.119 e. The zero-order chi connectivity index (χ0) is 10.4. The van der Waals surface area contributed by atoms with E-state index < -0.39 is 0 Å². The standard InChI is InChI=1S/C11H17NO2/c1-2-14-10-5-3-9(4-6-10)11(12)7-8-13/h3-6,11,13H,2,7-8,12H2,1H3/t11-/m1/s1. The molecule has 0 aliphatic heterocycles. The lowest BCUT2D eigenvalue weighted by Gasteiger charge is -2.10. The van der Waals surface area contributed by atoms with Crippen molar-refractivity contribution >= 4 is 0 Å². The molecule has 1 atom stereocenters. The van der Waals surface area contributed by atoms with E-state index in [1.165, 1.54) is 0 Å². The molecule has 1 rings (SSSR count). The molecule has 0 aliphatic rings. The van der Waals surface area contributed by atoms with Crippen LogP contribution in [0.5, 0.6) is 5.75 Å². The van der Waals surface area contributed by atoms with Gasteiger partial charge in [-0.05, 0) is 31.0 Å². The molecule has 3 nitrogen and oxygen atoms in total. The highest BCUT2D eigenvalue weighted by Gasteiger charge is 2.04. The maximum absolute atomic E-state index is 8.73. The summed E-state index contributed by atoms with van der Waals surface area (Å²) in [6, 6.07) is 7.58. The van der Waals surface area contributed by atoms with Crippen molar-refractivity contribution in [2.45, 2.75) is 19.4 Å². The van der Waals surface area contributed by atoms with Crippen molar-refractivity contribution in [3.63, 3.8) is 0 Å². The monoisotopic (exact) mass is 195 g/mol. The number of hydrogen-bond acceptors (Lipinski definition) is 3. The summed E-state index contributed by atoms with van der Waals surface area (Å²) in [6.07, 6.45) is 0.591. The van der Waals surface area contributed by atoms with Crippen LogP contribution in [0.4, 0.5) is 0 Å². The minimum absolute atomic E-state index is 0.0873. The summed E-state index contributed by atoms with van der Waals surface area (Å²) in [5, 5.41) is 8.73. The van der Waals surface area contributed by atoms with Crippen molar-refractivity contribution < 1.29 is 9.84 Å². The summed E-state index contributed by atoms with van der Waals surface area (Å²) in [6.45, 7) is 2.74. The van der Waals surface area contributed by atoms with Gasteiger partial charge in [-0.3, -0.25) is 0 Å². The molecule has 0 saturated carbocycles. The molecule has 0 bridgehead atoms. The molecular formula is C11H17NO2. The lowest BCUT2D eigenvalue weighted by atomic mass is 10.1. The zero-order valence-corrected chi connectivity index (χ0v) is 8.44. The predicted molar refractivity (Wildman–Crippen MR) is 56.2 cm³/mol. The number of nitrogens with two attached hydrogens (primary N) is 1. The van der Waals surface area contributed by atoms with Gasteiger partial charge in [0.05, 0.1) is 6.61 Å². The van der Waals surface area contributed by atoms with E-state index in [1.807, 2.05) is 31.2 Å². The van der Waals surface area contributed by atoms with Gasteiger partial charge in [0.2, 0.25) is 0 Å². The van der Waals surface area contributed by atoms with E-state index in [0.717, 1.165) is 11.3 Å². The van der Waals surface area contributed by atoms with Gasteiger partial charge in [-0.2, -0.15) is 0 Å². The molecule has 0 aromatic heterocycles. The molecule has 0 fully saturated rings. The van der Waals surface area contributed by atoms with Crippen LogP contribution in [-0.4, -0.2) is 18.3 Å². The Kier molecular flexibility index (Phi) is 4.43. The highest BCUT2D eigenvalue weighted by atomic mass is 16.5. The van der Waals surface area contributed by atoms with Crippen molar-refractivity contribution in [3.8, 4) is 5.75 Å². The normalized spacial score (nSPS) is 12.5. The summed E-state index contributed by atoms with van der Waals surface area (Å²) in [5.74, 6) is 0.854. The first-order chi connectivity index (χ1) is 6.77. The molecule has 0 spiro atoms. The predicted octanol–water partition coefficient (Wildman–Crippen LogP) is 1.47. The molecule has 0 radical (unpaired) electrons. The third-order valence-electron chi connectivity index (χ3n) is 2.06. The fourth-order valence-corrected chi connectivity index (χ4v) is 1.28. The van der Waals surface area contributed by atoms with Crippen LogP contribution in [0, 0.1) is 0 Å². The molecular weight excluding hydrogens is 178 g/mol. The van der Waals surface area contributed by atoms with Crippen LogP contribution >= 0.6 is 0 Å². The molecule has 1 aromatic carbocycles. The van der Waals surface area contributed by atoms with E-state index >= 15 is 0 Å². The molecule has 78 valence electrons. The molecule has 14 heavy (non-hydrogen) atoms. The van der Waals surface area contributed by atoms with Crippen molar-refractivity contribution in [1.29, 1.82) is 0 Å². The van der Waals surface area contributed by atoms with Gasteiger partial charge in [-0.25, -0.2) is 0 Å². The number of rotatable bonds is 5. The second-order valence-electron chi connectivity index (χ2n) is 3.12. The molecule has 0 unspecified atom stereocenters. The van der Waals surface area contributed by atoms with E-state index in [2.05, 4.69) is 0 Å². The lowest BCUT2D eigenvalue weighted by Crippen LogP contribution is -2.11. The van der Waals surface area contributed by atoms with Crippen LogP contribution < -0.4 is 10.5 Å². The van der Waals surface area contributed by atoms with Crippen molar-refractivity contribution in [1.82, 2.24) is 0 Å². The second kappa shape index (κ2) is 5.62. The SMILES string of the molecule is CCOc1ccc([C@H](N)CCO)cc1. The summed E-state index contributed by atoms with van der Waals surface area (Å²) >= 11 is 0. The van der Waals surface area contributed by atoms with E-state index in [9.17, 15) is 0 Å². The third-order valence-corrected chi connectivity index (χ3v) is 2.06. The lowest BCUT2D eigenvalue weighted by molar-refractivity contribution is 0.276. The Balaban J connectivity index is 2.62. The second-order valence-corrected chi connectivity index (χ2v) is 3.12. The molecule has 0 heterocycles. The average molecular weight is 195 g/mol. The van der Waals surface area contributed by atoms with Crippen LogP contribution in [0.3, 0.4) is 0 Å². The number of benzene rings is 1. The highest BCUT2D eigenvalue weighted by molar-refractivity contribution is 5.28. The fourth-order valence-electron chi connectivity index (χ4n) is 1.28. The summed E-state index contributed by atoms with van der Waals surface area (Å²) in [4.78, 5) is 0. The van der Waals surface area contributed by atoms with Crippen LogP contribution in [0.2, 0.25) is 0 Å². The number of aliphatic hydroxyl groups is 1. The quantitative estimate of drug-likeness (QED) is 0.748. The van der Waals surface area contributed by atoms with Crippen molar-refractivity contribution in [2.75, 3.05) is 13.2 Å². The van der Waals surface area contributed by atoms with Crippen LogP contribution in [-0.2, 0) is 0 Å². The van der Waals surface area contributed by atoms with E-state index in [0.29, 0.717) is 13.0 Å². The Bertz CT molecular complexity index is 258. The molecule has 3 heteroatoms. The van der Waals surface area contributed by atoms with Crippen molar-refractivity contribution in [2.24, 2.45) is 5.73 Å². The molecule has 1 aromatic rings. The molecule has 0 saturated heterocycles. The minimum Gasteiger partial charge on any atom is -0.494 e. The van der Waals surface area contributed by atoms with Gasteiger partial charge >= 0.3 is 0 Å². The Morgan fingerprint density at radius 3 is 2.50 bits per heavy atom. The first-order valence-electron chi connectivity index (χ1n) is 4.87. The topological polar surface area (TPSA) is 55.5 Å². The number of aliphatic hydroxyl groups excluding tert-OH is 1. The van der Waals surface area contributed by atoms with E-state index in [4.69, 9.17) is 15.6 Å². The highest BCUT2D eigenvalue weighted by Crippen LogP contribution is 2.18. The average Bonchev–Trinajstić information content (AvgIpc) is 2.20. The van der Waals surface area contributed by atoms with Crippen LogP contribution in [0.25, 0.3) is 0 Å². The Labute approximate surface area is 84.5 Å². The number of hydrogen-bond donors (Lipinski definition) is 2. The summed E-state index contributed by atoms with van der Waals surface area (Å²) in [7, 11) is 0. The molecule has 0 amide bonds. The van der Waals surface area contributed by atoms with Gasteiger partial charge in [0.1, 0.15) is 5.75 Å². The van der Waals surface area contributed by atoms with Gasteiger partial charge in [0.25, 0.3) is 0 Å². The first-order valence-corrected chi connectivity index (χ1v) is 4.87. The minimum atomic E-state index is -0.0873. The van der Waals surface area contributed by atoms with Crippen LogP contribution in [0.15, 0.2) is 24.3 Å². The first kappa shape index (κ1) is 11.0. The van der Waals surface area contributed by atoms with Gasteiger partial charge < -0.3 is 15.6 Å². The largest absolute Gasteiger partial charge is 0.494 e. The van der Waals surface area contributed by atoms with Gasteiger partial charge in [0.15, 0.2) is 0 Å². The summed E-state index contributed by atoms with van der Waals surface area (Å²) < 4.78 is 5.31. The molecule has 3 N–H and O–H groups in total. The zero-order valence-electron chi connectivity index (χ0n) is 8.44. The van der Waals surface area contributed by atoms with Gasteiger partial charge in [-0.1, -0.05) is 12.1 Å². The van der Waals surface area contributed by atoms with Crippen molar-refractivity contribution in [3.05, 3.63) is 29.8 Å². The van der Waals surface area contributed by atoms with Gasteiger partial charge in [0, 0.05) is 12.6 Å². The summed E-state index contributed by atoms with van der Waals surface area (Å²) in [5.41, 5.74) is 6.86. The Morgan fingerprint density at radius 1 is 1.36 bits per heavy atom. The van der Waals surface area contributed by atoms with E-state index in [1.54, 1.807) is 0 Å². The molecule has 0 aliphatic carbocycles.